The molecule has 0 aromatic heterocycles. The van der Waals surface area contributed by atoms with Crippen LogP contribution >= 0.6 is 11.8 Å². The molecule has 4 heteroatoms. The van der Waals surface area contributed by atoms with Crippen LogP contribution in [0.15, 0.2) is 48.5 Å². The summed E-state index contributed by atoms with van der Waals surface area (Å²) in [4.78, 5) is 14.5. The first-order chi connectivity index (χ1) is 10.1. The van der Waals surface area contributed by atoms with Gasteiger partial charge in [-0.2, -0.15) is 0 Å². The van der Waals surface area contributed by atoms with Crippen molar-refractivity contribution < 1.29 is 9.18 Å². The van der Waals surface area contributed by atoms with Crippen LogP contribution in [0.3, 0.4) is 0 Å². The number of benzene rings is 2. The molecule has 1 fully saturated rings. The van der Waals surface area contributed by atoms with Gasteiger partial charge in [0.15, 0.2) is 0 Å². The standard InChI is InChI=1S/C17H16FNOS/c1-12-5-7-13(8-6-12)16(20)19-9-10-21-17(19)14-3-2-4-15(18)11-14/h2-8,11,17H,9-10H2,1H3. The summed E-state index contributed by atoms with van der Waals surface area (Å²) in [5, 5.41) is -0.102. The molecule has 1 heterocycles. The van der Waals surface area contributed by atoms with Gasteiger partial charge in [-0.3, -0.25) is 4.79 Å². The van der Waals surface area contributed by atoms with Gasteiger partial charge in [0.2, 0.25) is 0 Å². The Labute approximate surface area is 128 Å². The number of amides is 1. The predicted molar refractivity (Wildman–Crippen MR) is 83.8 cm³/mol. The van der Waals surface area contributed by atoms with E-state index in [9.17, 15) is 9.18 Å². The number of rotatable bonds is 2. The number of nitrogens with zero attached hydrogens (tertiary/aromatic N) is 1. The van der Waals surface area contributed by atoms with Gasteiger partial charge in [0.05, 0.1) is 0 Å². The fourth-order valence-electron chi connectivity index (χ4n) is 2.48. The molecule has 2 aromatic rings. The Bertz CT molecular complexity index is 656. The summed E-state index contributed by atoms with van der Waals surface area (Å²) in [6.45, 7) is 2.69. The van der Waals surface area contributed by atoms with E-state index in [1.807, 2.05) is 42.2 Å². The topological polar surface area (TPSA) is 20.3 Å². The summed E-state index contributed by atoms with van der Waals surface area (Å²) < 4.78 is 13.4. The van der Waals surface area contributed by atoms with E-state index in [1.165, 1.54) is 12.1 Å². The first kappa shape index (κ1) is 14.1. The van der Waals surface area contributed by atoms with Crippen LogP contribution in [0.4, 0.5) is 4.39 Å². The van der Waals surface area contributed by atoms with Gasteiger partial charge in [0.1, 0.15) is 11.2 Å². The summed E-state index contributed by atoms with van der Waals surface area (Å²) in [6.07, 6.45) is 0. The van der Waals surface area contributed by atoms with Crippen LogP contribution in [0.2, 0.25) is 0 Å². The van der Waals surface area contributed by atoms with Gasteiger partial charge >= 0.3 is 0 Å². The second kappa shape index (κ2) is 5.90. The largest absolute Gasteiger partial charge is 0.322 e. The third-order valence-electron chi connectivity index (χ3n) is 3.58. The number of thioether (sulfide) groups is 1. The molecule has 1 amide bonds. The van der Waals surface area contributed by atoms with E-state index in [1.54, 1.807) is 17.8 Å². The third kappa shape index (κ3) is 2.95. The van der Waals surface area contributed by atoms with Crippen LogP contribution in [0, 0.1) is 12.7 Å². The van der Waals surface area contributed by atoms with Crippen LogP contribution < -0.4 is 0 Å². The SMILES string of the molecule is Cc1ccc(C(=O)N2CCSC2c2cccc(F)c2)cc1. The second-order valence-corrected chi connectivity index (χ2v) is 6.33. The molecule has 1 aliphatic heterocycles. The van der Waals surface area contributed by atoms with E-state index in [0.29, 0.717) is 12.1 Å². The van der Waals surface area contributed by atoms with Crippen molar-refractivity contribution >= 4 is 17.7 Å². The van der Waals surface area contributed by atoms with Gasteiger partial charge in [-0.25, -0.2) is 4.39 Å². The predicted octanol–water partition coefficient (Wildman–Crippen LogP) is 4.02. The Morgan fingerprint density at radius 3 is 2.71 bits per heavy atom. The number of hydrogen-bond acceptors (Lipinski definition) is 2. The zero-order valence-corrected chi connectivity index (χ0v) is 12.6. The van der Waals surface area contributed by atoms with E-state index in [0.717, 1.165) is 16.9 Å². The molecule has 1 unspecified atom stereocenters. The van der Waals surface area contributed by atoms with E-state index in [2.05, 4.69) is 0 Å². The molecule has 0 aliphatic carbocycles. The summed E-state index contributed by atoms with van der Waals surface area (Å²) in [6, 6.07) is 14.1. The smallest absolute Gasteiger partial charge is 0.255 e. The Hall–Kier alpha value is -1.81. The number of carbonyl (C=O) groups is 1. The lowest BCUT2D eigenvalue weighted by atomic mass is 10.1. The molecular formula is C17H16FNOS. The van der Waals surface area contributed by atoms with Crippen LogP contribution in [-0.4, -0.2) is 23.1 Å². The Balaban J connectivity index is 1.87. The molecule has 0 saturated carbocycles. The van der Waals surface area contributed by atoms with Crippen LogP contribution in [0.1, 0.15) is 26.9 Å². The lowest BCUT2D eigenvalue weighted by molar-refractivity contribution is 0.0760. The summed E-state index contributed by atoms with van der Waals surface area (Å²) in [5.41, 5.74) is 2.66. The highest BCUT2D eigenvalue weighted by atomic mass is 32.2. The van der Waals surface area contributed by atoms with Crippen molar-refractivity contribution in [2.24, 2.45) is 0 Å². The maximum atomic E-state index is 13.4. The van der Waals surface area contributed by atoms with E-state index >= 15 is 0 Å². The summed E-state index contributed by atoms with van der Waals surface area (Å²) in [7, 11) is 0. The Kier molecular flexibility index (Phi) is 3.97. The normalized spacial score (nSPS) is 18.0. The van der Waals surface area contributed by atoms with Gasteiger partial charge in [-0.15, -0.1) is 11.8 Å². The number of aryl methyl sites for hydroxylation is 1. The molecular weight excluding hydrogens is 285 g/mol. The molecule has 1 aliphatic rings. The van der Waals surface area contributed by atoms with Crippen LogP contribution in [-0.2, 0) is 0 Å². The van der Waals surface area contributed by atoms with E-state index in [4.69, 9.17) is 0 Å². The van der Waals surface area contributed by atoms with Gasteiger partial charge in [-0.1, -0.05) is 29.8 Å². The van der Waals surface area contributed by atoms with Crippen LogP contribution in [0.25, 0.3) is 0 Å². The number of hydrogen-bond donors (Lipinski definition) is 0. The fraction of sp³-hybridized carbons (Fsp3) is 0.235. The fourth-order valence-corrected chi connectivity index (χ4v) is 3.72. The molecule has 3 rings (SSSR count). The zero-order chi connectivity index (χ0) is 14.8. The molecule has 1 saturated heterocycles. The highest BCUT2D eigenvalue weighted by Gasteiger charge is 2.31. The highest BCUT2D eigenvalue weighted by molar-refractivity contribution is 7.99. The lowest BCUT2D eigenvalue weighted by Gasteiger charge is -2.24. The maximum absolute atomic E-state index is 13.4. The molecule has 0 bridgehead atoms. The third-order valence-corrected chi connectivity index (χ3v) is 4.84. The zero-order valence-electron chi connectivity index (χ0n) is 11.8. The van der Waals surface area contributed by atoms with Gasteiger partial charge in [0.25, 0.3) is 5.91 Å². The molecule has 0 spiro atoms. The van der Waals surface area contributed by atoms with Crippen molar-refractivity contribution in [2.45, 2.75) is 12.3 Å². The monoisotopic (exact) mass is 301 g/mol. The van der Waals surface area contributed by atoms with Crippen molar-refractivity contribution in [3.8, 4) is 0 Å². The number of carbonyl (C=O) groups excluding carboxylic acids is 1. The first-order valence-electron chi connectivity index (χ1n) is 6.90. The first-order valence-corrected chi connectivity index (χ1v) is 7.95. The highest BCUT2D eigenvalue weighted by Crippen LogP contribution is 2.38. The average molecular weight is 301 g/mol. The summed E-state index contributed by atoms with van der Waals surface area (Å²) in [5.74, 6) is 0.621. The molecule has 21 heavy (non-hydrogen) atoms. The van der Waals surface area contributed by atoms with Gasteiger partial charge in [-0.05, 0) is 36.8 Å². The molecule has 2 aromatic carbocycles. The van der Waals surface area contributed by atoms with E-state index in [-0.39, 0.29) is 17.1 Å². The minimum Gasteiger partial charge on any atom is -0.322 e. The molecule has 1 atom stereocenters. The number of halogens is 1. The Morgan fingerprint density at radius 2 is 2.00 bits per heavy atom. The van der Waals surface area contributed by atoms with Crippen molar-refractivity contribution in [1.82, 2.24) is 4.90 Å². The van der Waals surface area contributed by atoms with Gasteiger partial charge in [0, 0.05) is 17.9 Å². The van der Waals surface area contributed by atoms with E-state index < -0.39 is 0 Å². The lowest BCUT2D eigenvalue weighted by Crippen LogP contribution is -2.30. The average Bonchev–Trinajstić information content (AvgIpc) is 2.97. The van der Waals surface area contributed by atoms with Gasteiger partial charge < -0.3 is 4.90 Å². The summed E-state index contributed by atoms with van der Waals surface area (Å²) >= 11 is 1.68. The van der Waals surface area contributed by atoms with Crippen molar-refractivity contribution in [1.29, 1.82) is 0 Å². The van der Waals surface area contributed by atoms with Crippen LogP contribution in [0.5, 0.6) is 0 Å². The molecule has 108 valence electrons. The van der Waals surface area contributed by atoms with Crippen molar-refractivity contribution in [3.63, 3.8) is 0 Å². The maximum Gasteiger partial charge on any atom is 0.255 e. The molecule has 0 radical (unpaired) electrons. The quantitative estimate of drug-likeness (QED) is 0.835. The molecule has 2 nitrogen and oxygen atoms in total. The molecule has 0 N–H and O–H groups in total. The Morgan fingerprint density at radius 1 is 1.24 bits per heavy atom. The minimum absolute atomic E-state index is 0.00858. The minimum atomic E-state index is -0.261. The second-order valence-electron chi connectivity index (χ2n) is 5.14. The van der Waals surface area contributed by atoms with Crippen molar-refractivity contribution in [2.75, 3.05) is 12.3 Å². The van der Waals surface area contributed by atoms with Crippen molar-refractivity contribution in [3.05, 3.63) is 71.0 Å².